The predicted molar refractivity (Wildman–Crippen MR) is 125 cm³/mol. The number of hydrogen-bond donors (Lipinski definition) is 1. The van der Waals surface area contributed by atoms with Crippen molar-refractivity contribution in [2.75, 3.05) is 33.2 Å². The standard InChI is InChI=1S/C18H26BrN5OS.HI/c1-13(2)16-10-14(25-22-16)11-21-18(20-3)24-8-6-23(7-9-24)12-15-4-5-17(19)26-15;/h4-5,10,13H,6-9,11-12H2,1-3H3,(H,20,21);1H. The van der Waals surface area contributed by atoms with Gasteiger partial charge in [0.05, 0.1) is 16.0 Å². The summed E-state index contributed by atoms with van der Waals surface area (Å²) in [6.45, 7) is 9.87. The van der Waals surface area contributed by atoms with E-state index in [4.69, 9.17) is 4.52 Å². The van der Waals surface area contributed by atoms with E-state index in [0.29, 0.717) is 12.5 Å². The molecule has 0 atom stereocenters. The minimum absolute atomic E-state index is 0. The normalized spacial score (nSPS) is 15.9. The first-order chi connectivity index (χ1) is 12.5. The van der Waals surface area contributed by atoms with Crippen molar-refractivity contribution < 1.29 is 4.52 Å². The van der Waals surface area contributed by atoms with Crippen LogP contribution in [0.3, 0.4) is 0 Å². The Bertz CT molecular complexity index is 740. The summed E-state index contributed by atoms with van der Waals surface area (Å²) >= 11 is 5.35. The molecule has 0 amide bonds. The number of piperazine rings is 1. The first kappa shape index (κ1) is 22.6. The van der Waals surface area contributed by atoms with E-state index >= 15 is 0 Å². The van der Waals surface area contributed by atoms with E-state index in [9.17, 15) is 0 Å². The number of hydrogen-bond acceptors (Lipinski definition) is 5. The summed E-state index contributed by atoms with van der Waals surface area (Å²) in [5.41, 5.74) is 0.991. The molecule has 1 aliphatic rings. The zero-order chi connectivity index (χ0) is 18.5. The van der Waals surface area contributed by atoms with Crippen LogP contribution in [0.15, 0.2) is 31.5 Å². The van der Waals surface area contributed by atoms with Gasteiger partial charge in [0.2, 0.25) is 0 Å². The molecular formula is C18H27BrIN5OS. The van der Waals surface area contributed by atoms with Crippen molar-refractivity contribution in [1.29, 1.82) is 0 Å². The summed E-state index contributed by atoms with van der Waals surface area (Å²) in [6, 6.07) is 6.34. The maximum absolute atomic E-state index is 5.40. The highest BCUT2D eigenvalue weighted by Crippen LogP contribution is 2.23. The molecule has 3 rings (SSSR count). The summed E-state index contributed by atoms with van der Waals surface area (Å²) in [5.74, 6) is 2.15. The van der Waals surface area contributed by atoms with Gasteiger partial charge in [-0.2, -0.15) is 0 Å². The van der Waals surface area contributed by atoms with Gasteiger partial charge in [-0.3, -0.25) is 9.89 Å². The minimum Gasteiger partial charge on any atom is -0.359 e. The molecule has 1 saturated heterocycles. The quantitative estimate of drug-likeness (QED) is 0.334. The molecular weight excluding hydrogens is 541 g/mol. The molecule has 0 radical (unpaired) electrons. The van der Waals surface area contributed by atoms with Crippen LogP contribution in [0.2, 0.25) is 0 Å². The summed E-state index contributed by atoms with van der Waals surface area (Å²) in [4.78, 5) is 10.6. The van der Waals surface area contributed by atoms with Crippen molar-refractivity contribution >= 4 is 57.2 Å². The second kappa shape index (κ2) is 10.8. The van der Waals surface area contributed by atoms with Gasteiger partial charge in [0.25, 0.3) is 0 Å². The maximum Gasteiger partial charge on any atom is 0.194 e. The van der Waals surface area contributed by atoms with Crippen LogP contribution in [0, 0.1) is 0 Å². The summed E-state index contributed by atoms with van der Waals surface area (Å²) < 4.78 is 6.59. The Labute approximate surface area is 190 Å². The SMILES string of the molecule is CN=C(NCc1cc(C(C)C)no1)N1CCN(Cc2ccc(Br)s2)CC1.I. The van der Waals surface area contributed by atoms with E-state index in [0.717, 1.165) is 50.1 Å². The van der Waals surface area contributed by atoms with Gasteiger partial charge < -0.3 is 14.7 Å². The van der Waals surface area contributed by atoms with Crippen LogP contribution >= 0.6 is 51.2 Å². The molecule has 3 heterocycles. The molecule has 0 bridgehead atoms. The second-order valence-corrected chi connectivity index (χ2v) is 9.29. The summed E-state index contributed by atoms with van der Waals surface area (Å²) in [5, 5.41) is 7.50. The Balaban J connectivity index is 0.00000261. The highest BCUT2D eigenvalue weighted by atomic mass is 127. The molecule has 0 saturated carbocycles. The minimum atomic E-state index is 0. The molecule has 0 aromatic carbocycles. The Morgan fingerprint density at radius 2 is 2.07 bits per heavy atom. The number of halogens is 2. The van der Waals surface area contributed by atoms with E-state index in [2.05, 4.69) is 67.2 Å². The lowest BCUT2D eigenvalue weighted by Gasteiger charge is -2.36. The van der Waals surface area contributed by atoms with Crippen molar-refractivity contribution in [1.82, 2.24) is 20.3 Å². The zero-order valence-electron chi connectivity index (χ0n) is 15.9. The van der Waals surface area contributed by atoms with Crippen LogP contribution in [0.4, 0.5) is 0 Å². The summed E-state index contributed by atoms with van der Waals surface area (Å²) in [6.07, 6.45) is 0. The lowest BCUT2D eigenvalue weighted by molar-refractivity contribution is 0.173. The van der Waals surface area contributed by atoms with Crippen LogP contribution in [0.5, 0.6) is 0 Å². The first-order valence-electron chi connectivity index (χ1n) is 8.93. The number of aliphatic imine (C=N–C) groups is 1. The van der Waals surface area contributed by atoms with Crippen LogP contribution in [-0.4, -0.2) is 54.1 Å². The predicted octanol–water partition coefficient (Wildman–Crippen LogP) is 4.13. The highest BCUT2D eigenvalue weighted by molar-refractivity contribution is 14.0. The molecule has 27 heavy (non-hydrogen) atoms. The molecule has 1 N–H and O–H groups in total. The Morgan fingerprint density at radius 1 is 1.33 bits per heavy atom. The van der Waals surface area contributed by atoms with Gasteiger partial charge in [-0.15, -0.1) is 35.3 Å². The highest BCUT2D eigenvalue weighted by Gasteiger charge is 2.20. The van der Waals surface area contributed by atoms with Crippen molar-refractivity contribution in [2.24, 2.45) is 4.99 Å². The Morgan fingerprint density at radius 3 is 2.63 bits per heavy atom. The summed E-state index contributed by atoms with van der Waals surface area (Å²) in [7, 11) is 1.83. The van der Waals surface area contributed by atoms with Crippen molar-refractivity contribution in [2.45, 2.75) is 32.9 Å². The third-order valence-electron chi connectivity index (χ3n) is 4.48. The number of nitrogens with one attached hydrogen (secondary N) is 1. The van der Waals surface area contributed by atoms with Gasteiger partial charge in [0.1, 0.15) is 0 Å². The van der Waals surface area contributed by atoms with E-state index in [1.807, 2.05) is 24.5 Å². The molecule has 9 heteroatoms. The fourth-order valence-electron chi connectivity index (χ4n) is 2.96. The molecule has 150 valence electrons. The molecule has 0 aliphatic carbocycles. The lowest BCUT2D eigenvalue weighted by Crippen LogP contribution is -2.51. The monoisotopic (exact) mass is 567 g/mol. The number of nitrogens with zero attached hydrogens (tertiary/aromatic N) is 4. The third kappa shape index (κ3) is 6.43. The molecule has 2 aromatic rings. The number of aromatic nitrogens is 1. The number of guanidine groups is 1. The van der Waals surface area contributed by atoms with E-state index in [1.54, 1.807) is 0 Å². The van der Waals surface area contributed by atoms with Gasteiger partial charge in [-0.05, 0) is 34.0 Å². The maximum atomic E-state index is 5.40. The largest absolute Gasteiger partial charge is 0.359 e. The van der Waals surface area contributed by atoms with Crippen molar-refractivity contribution in [3.63, 3.8) is 0 Å². The zero-order valence-corrected chi connectivity index (χ0v) is 20.7. The van der Waals surface area contributed by atoms with Gasteiger partial charge in [0.15, 0.2) is 11.7 Å². The lowest BCUT2D eigenvalue weighted by atomic mass is 10.1. The van der Waals surface area contributed by atoms with Gasteiger partial charge >= 0.3 is 0 Å². The topological polar surface area (TPSA) is 56.9 Å². The van der Waals surface area contributed by atoms with Crippen LogP contribution < -0.4 is 5.32 Å². The molecule has 2 aromatic heterocycles. The van der Waals surface area contributed by atoms with Gasteiger partial charge in [-0.1, -0.05) is 19.0 Å². The first-order valence-corrected chi connectivity index (χ1v) is 10.5. The van der Waals surface area contributed by atoms with Crippen LogP contribution in [0.1, 0.15) is 36.1 Å². The average Bonchev–Trinajstić information content (AvgIpc) is 3.26. The van der Waals surface area contributed by atoms with Gasteiger partial charge in [-0.25, -0.2) is 0 Å². The van der Waals surface area contributed by atoms with E-state index < -0.39 is 0 Å². The molecule has 1 fully saturated rings. The number of rotatable bonds is 5. The second-order valence-electron chi connectivity index (χ2n) is 6.74. The number of thiophene rings is 1. The third-order valence-corrected chi connectivity index (χ3v) is 6.09. The average molecular weight is 568 g/mol. The Hall–Kier alpha value is -0.650. The van der Waals surface area contributed by atoms with Crippen molar-refractivity contribution in [3.8, 4) is 0 Å². The van der Waals surface area contributed by atoms with Gasteiger partial charge in [0, 0.05) is 50.7 Å². The molecule has 0 spiro atoms. The van der Waals surface area contributed by atoms with Crippen LogP contribution in [-0.2, 0) is 13.1 Å². The van der Waals surface area contributed by atoms with E-state index in [-0.39, 0.29) is 24.0 Å². The smallest absolute Gasteiger partial charge is 0.194 e. The van der Waals surface area contributed by atoms with E-state index in [1.165, 1.54) is 8.66 Å². The van der Waals surface area contributed by atoms with Crippen molar-refractivity contribution in [3.05, 3.63) is 38.3 Å². The van der Waals surface area contributed by atoms with Crippen LogP contribution in [0.25, 0.3) is 0 Å². The fourth-order valence-corrected chi connectivity index (χ4v) is 4.48. The fraction of sp³-hybridized carbons (Fsp3) is 0.556. The Kier molecular flexibility index (Phi) is 9.03. The molecule has 0 unspecified atom stereocenters. The molecule has 1 aliphatic heterocycles. The molecule has 6 nitrogen and oxygen atoms in total.